The van der Waals surface area contributed by atoms with Crippen LogP contribution in [0.1, 0.15) is 23.2 Å². The quantitative estimate of drug-likeness (QED) is 0.878. The molecule has 1 atom stereocenters. The molecule has 92 valence electrons. The fourth-order valence-electron chi connectivity index (χ4n) is 1.91. The van der Waals surface area contributed by atoms with E-state index in [-0.39, 0.29) is 17.8 Å². The standard InChI is InChI=1S/C12H14BrFN2O/c13-11-6-8(14)3-4-10(11)12(17)16-9-2-1-5-15-7-9/h3-4,6,9,15H,1-2,5,7H2,(H,16,17). The molecular formula is C12H14BrFN2O. The van der Waals surface area contributed by atoms with Crippen molar-refractivity contribution in [3.63, 3.8) is 0 Å². The van der Waals surface area contributed by atoms with Gasteiger partial charge in [0.1, 0.15) is 5.82 Å². The molecule has 1 aliphatic rings. The van der Waals surface area contributed by atoms with E-state index in [0.29, 0.717) is 10.0 Å². The molecule has 1 aromatic rings. The smallest absolute Gasteiger partial charge is 0.252 e. The van der Waals surface area contributed by atoms with Crippen molar-refractivity contribution in [1.29, 1.82) is 0 Å². The number of amides is 1. The van der Waals surface area contributed by atoms with Crippen molar-refractivity contribution in [2.45, 2.75) is 18.9 Å². The molecule has 2 rings (SSSR count). The SMILES string of the molecule is O=C(NC1CCCNC1)c1ccc(F)cc1Br. The summed E-state index contributed by atoms with van der Waals surface area (Å²) in [5.41, 5.74) is 0.469. The molecule has 1 unspecified atom stereocenters. The molecule has 0 saturated carbocycles. The van der Waals surface area contributed by atoms with Crippen LogP contribution in [0, 0.1) is 5.82 Å². The molecule has 5 heteroatoms. The number of hydrogen-bond donors (Lipinski definition) is 2. The molecule has 2 N–H and O–H groups in total. The summed E-state index contributed by atoms with van der Waals surface area (Å²) >= 11 is 3.20. The lowest BCUT2D eigenvalue weighted by molar-refractivity contribution is 0.0930. The van der Waals surface area contributed by atoms with Crippen LogP contribution in [0.2, 0.25) is 0 Å². The number of piperidine rings is 1. The number of nitrogens with one attached hydrogen (secondary N) is 2. The maximum Gasteiger partial charge on any atom is 0.252 e. The predicted molar refractivity (Wildman–Crippen MR) is 67.5 cm³/mol. The number of rotatable bonds is 2. The first-order valence-electron chi connectivity index (χ1n) is 5.63. The summed E-state index contributed by atoms with van der Waals surface area (Å²) in [7, 11) is 0. The van der Waals surface area contributed by atoms with Crippen LogP contribution in [0.15, 0.2) is 22.7 Å². The molecule has 17 heavy (non-hydrogen) atoms. The van der Waals surface area contributed by atoms with E-state index in [1.54, 1.807) is 0 Å². The second kappa shape index (κ2) is 5.60. The zero-order valence-corrected chi connectivity index (χ0v) is 10.9. The van der Waals surface area contributed by atoms with Gasteiger partial charge in [-0.25, -0.2) is 4.39 Å². The minimum atomic E-state index is -0.354. The fourth-order valence-corrected chi connectivity index (χ4v) is 2.44. The zero-order chi connectivity index (χ0) is 12.3. The number of carbonyl (C=O) groups is 1. The molecule has 0 aromatic heterocycles. The van der Waals surface area contributed by atoms with Gasteiger partial charge < -0.3 is 10.6 Å². The Labute approximate surface area is 108 Å². The van der Waals surface area contributed by atoms with Crippen LogP contribution >= 0.6 is 15.9 Å². The Morgan fingerprint density at radius 1 is 1.53 bits per heavy atom. The summed E-state index contributed by atoms with van der Waals surface area (Å²) in [5, 5.41) is 6.17. The van der Waals surface area contributed by atoms with Crippen molar-refractivity contribution in [2.24, 2.45) is 0 Å². The zero-order valence-electron chi connectivity index (χ0n) is 9.30. The molecule has 0 spiro atoms. The topological polar surface area (TPSA) is 41.1 Å². The van der Waals surface area contributed by atoms with Gasteiger partial charge in [0.2, 0.25) is 0 Å². The van der Waals surface area contributed by atoms with E-state index >= 15 is 0 Å². The molecule has 1 aromatic carbocycles. The minimum Gasteiger partial charge on any atom is -0.348 e. The monoisotopic (exact) mass is 300 g/mol. The van der Waals surface area contributed by atoms with Gasteiger partial charge >= 0.3 is 0 Å². The van der Waals surface area contributed by atoms with E-state index < -0.39 is 0 Å². The minimum absolute atomic E-state index is 0.160. The highest BCUT2D eigenvalue weighted by Gasteiger charge is 2.17. The first-order chi connectivity index (χ1) is 8.16. The van der Waals surface area contributed by atoms with Gasteiger partial charge in [-0.3, -0.25) is 4.79 Å². The Bertz CT molecular complexity index is 419. The van der Waals surface area contributed by atoms with Gasteiger partial charge in [-0.15, -0.1) is 0 Å². The Morgan fingerprint density at radius 3 is 3.00 bits per heavy atom. The van der Waals surface area contributed by atoms with Crippen LogP contribution in [-0.2, 0) is 0 Å². The summed E-state index contributed by atoms with van der Waals surface area (Å²) in [6.07, 6.45) is 2.05. The Balaban J connectivity index is 2.03. The normalized spacial score (nSPS) is 20.0. The van der Waals surface area contributed by atoms with Crippen molar-refractivity contribution in [3.8, 4) is 0 Å². The summed E-state index contributed by atoms with van der Waals surface area (Å²) in [5.74, 6) is -0.515. The first-order valence-corrected chi connectivity index (χ1v) is 6.43. The summed E-state index contributed by atoms with van der Waals surface area (Å²) < 4.78 is 13.4. The van der Waals surface area contributed by atoms with Crippen LogP contribution in [0.5, 0.6) is 0 Å². The molecule has 3 nitrogen and oxygen atoms in total. The largest absolute Gasteiger partial charge is 0.348 e. The lowest BCUT2D eigenvalue weighted by Gasteiger charge is -2.24. The average Bonchev–Trinajstić information content (AvgIpc) is 2.30. The van der Waals surface area contributed by atoms with Gasteiger partial charge in [0, 0.05) is 17.1 Å². The van der Waals surface area contributed by atoms with Crippen molar-refractivity contribution in [2.75, 3.05) is 13.1 Å². The van der Waals surface area contributed by atoms with Gasteiger partial charge in [-0.1, -0.05) is 0 Å². The van der Waals surface area contributed by atoms with Gasteiger partial charge in [0.25, 0.3) is 5.91 Å². The fraction of sp³-hybridized carbons (Fsp3) is 0.417. The van der Waals surface area contributed by atoms with E-state index in [2.05, 4.69) is 26.6 Å². The average molecular weight is 301 g/mol. The highest BCUT2D eigenvalue weighted by molar-refractivity contribution is 9.10. The molecule has 1 aliphatic heterocycles. The summed E-state index contributed by atoms with van der Waals surface area (Å²) in [4.78, 5) is 12.0. The molecule has 1 saturated heterocycles. The molecule has 1 amide bonds. The number of halogens is 2. The van der Waals surface area contributed by atoms with Crippen molar-refractivity contribution in [3.05, 3.63) is 34.1 Å². The predicted octanol–water partition coefficient (Wildman–Crippen LogP) is 2.07. The Hall–Kier alpha value is -0.940. The maximum atomic E-state index is 12.9. The third-order valence-corrected chi connectivity index (χ3v) is 3.46. The molecule has 1 fully saturated rings. The van der Waals surface area contributed by atoms with Crippen LogP contribution < -0.4 is 10.6 Å². The maximum absolute atomic E-state index is 12.9. The molecule has 0 aliphatic carbocycles. The van der Waals surface area contributed by atoms with Crippen molar-refractivity contribution < 1.29 is 9.18 Å². The van der Waals surface area contributed by atoms with E-state index in [0.717, 1.165) is 25.9 Å². The second-order valence-electron chi connectivity index (χ2n) is 4.14. The lowest BCUT2D eigenvalue weighted by atomic mass is 10.1. The first kappa shape index (κ1) is 12.5. The third kappa shape index (κ3) is 3.26. The molecule has 0 bridgehead atoms. The van der Waals surface area contributed by atoms with Gasteiger partial charge in [0.15, 0.2) is 0 Å². The van der Waals surface area contributed by atoms with Crippen LogP contribution in [0.4, 0.5) is 4.39 Å². The number of benzene rings is 1. The highest BCUT2D eigenvalue weighted by Crippen LogP contribution is 2.18. The summed E-state index contributed by atoms with van der Waals surface area (Å²) in [6, 6.07) is 4.24. The van der Waals surface area contributed by atoms with E-state index in [4.69, 9.17) is 0 Å². The van der Waals surface area contributed by atoms with Crippen molar-refractivity contribution in [1.82, 2.24) is 10.6 Å². The van der Waals surface area contributed by atoms with Crippen molar-refractivity contribution >= 4 is 21.8 Å². The van der Waals surface area contributed by atoms with Crippen LogP contribution in [0.3, 0.4) is 0 Å². The van der Waals surface area contributed by atoms with Gasteiger partial charge in [-0.05, 0) is 53.5 Å². The van der Waals surface area contributed by atoms with Crippen LogP contribution in [0.25, 0.3) is 0 Å². The van der Waals surface area contributed by atoms with Gasteiger partial charge in [-0.2, -0.15) is 0 Å². The molecular weight excluding hydrogens is 287 g/mol. The number of hydrogen-bond acceptors (Lipinski definition) is 2. The Kier molecular flexibility index (Phi) is 4.12. The van der Waals surface area contributed by atoms with E-state index in [1.807, 2.05) is 0 Å². The molecule has 1 heterocycles. The number of carbonyl (C=O) groups excluding carboxylic acids is 1. The van der Waals surface area contributed by atoms with E-state index in [1.165, 1.54) is 18.2 Å². The highest BCUT2D eigenvalue weighted by atomic mass is 79.9. The lowest BCUT2D eigenvalue weighted by Crippen LogP contribution is -2.45. The van der Waals surface area contributed by atoms with E-state index in [9.17, 15) is 9.18 Å². The Morgan fingerprint density at radius 2 is 2.35 bits per heavy atom. The van der Waals surface area contributed by atoms with Crippen LogP contribution in [-0.4, -0.2) is 25.0 Å². The molecule has 0 radical (unpaired) electrons. The third-order valence-electron chi connectivity index (χ3n) is 2.81. The second-order valence-corrected chi connectivity index (χ2v) is 5.00. The van der Waals surface area contributed by atoms with Gasteiger partial charge in [0.05, 0.1) is 5.56 Å². The summed E-state index contributed by atoms with van der Waals surface area (Å²) in [6.45, 7) is 1.80.